The van der Waals surface area contributed by atoms with Gasteiger partial charge in [-0.2, -0.15) is 0 Å². The van der Waals surface area contributed by atoms with E-state index in [0.717, 1.165) is 24.1 Å². The van der Waals surface area contributed by atoms with Crippen molar-refractivity contribution >= 4 is 5.69 Å². The third kappa shape index (κ3) is 1.42. The number of rotatable bonds is 1. The first-order chi connectivity index (χ1) is 6.68. The number of phenolic OH excluding ortho intramolecular Hbond substituents is 1. The molecule has 2 N–H and O–H groups in total. The molecule has 0 unspecified atom stereocenters. The average molecular weight is 194 g/mol. The molecule has 0 fully saturated rings. The van der Waals surface area contributed by atoms with Gasteiger partial charge >= 0.3 is 5.69 Å². The highest BCUT2D eigenvalue weighted by Crippen LogP contribution is 2.30. The number of nitro groups is 1. The summed E-state index contributed by atoms with van der Waals surface area (Å²) in [6.07, 6.45) is 0.806. The van der Waals surface area contributed by atoms with Crippen LogP contribution in [0.25, 0.3) is 0 Å². The molecular weight excluding hydrogens is 184 g/mol. The van der Waals surface area contributed by atoms with Gasteiger partial charge in [-0.25, -0.2) is 0 Å². The first kappa shape index (κ1) is 8.96. The van der Waals surface area contributed by atoms with E-state index in [1.54, 1.807) is 0 Å². The fourth-order valence-electron chi connectivity index (χ4n) is 1.65. The zero-order valence-electron chi connectivity index (χ0n) is 7.49. The highest BCUT2D eigenvalue weighted by molar-refractivity contribution is 5.51. The molecule has 1 aromatic rings. The molecule has 1 heterocycles. The largest absolute Gasteiger partial charge is 0.502 e. The van der Waals surface area contributed by atoms with Crippen LogP contribution in [0.5, 0.6) is 5.75 Å². The topological polar surface area (TPSA) is 75.4 Å². The molecule has 2 rings (SSSR count). The van der Waals surface area contributed by atoms with Crippen molar-refractivity contribution in [3.8, 4) is 5.75 Å². The summed E-state index contributed by atoms with van der Waals surface area (Å²) in [7, 11) is 0. The lowest BCUT2D eigenvalue weighted by Crippen LogP contribution is -2.23. The van der Waals surface area contributed by atoms with Crippen LogP contribution in [-0.4, -0.2) is 16.6 Å². The lowest BCUT2D eigenvalue weighted by Gasteiger charge is -2.16. The Balaban J connectivity index is 2.50. The summed E-state index contributed by atoms with van der Waals surface area (Å²) in [5.74, 6) is -0.240. The summed E-state index contributed by atoms with van der Waals surface area (Å²) in [5, 5.41) is 23.0. The van der Waals surface area contributed by atoms with Crippen LogP contribution in [0.15, 0.2) is 12.1 Å². The predicted molar refractivity (Wildman–Crippen MR) is 50.2 cm³/mol. The Hall–Kier alpha value is -1.62. The van der Waals surface area contributed by atoms with Crippen molar-refractivity contribution in [2.24, 2.45) is 0 Å². The Morgan fingerprint density at radius 1 is 1.43 bits per heavy atom. The first-order valence-electron chi connectivity index (χ1n) is 4.38. The second-order valence-electron chi connectivity index (χ2n) is 3.29. The van der Waals surface area contributed by atoms with Crippen LogP contribution in [0.4, 0.5) is 5.69 Å². The molecule has 5 heteroatoms. The number of fused-ring (bicyclic) bond motifs is 1. The van der Waals surface area contributed by atoms with Gasteiger partial charge in [0.25, 0.3) is 0 Å². The Morgan fingerprint density at radius 3 is 2.93 bits per heavy atom. The van der Waals surface area contributed by atoms with Gasteiger partial charge in [-0.05, 0) is 30.2 Å². The lowest BCUT2D eigenvalue weighted by molar-refractivity contribution is -0.385. The van der Waals surface area contributed by atoms with Gasteiger partial charge in [0.2, 0.25) is 0 Å². The summed E-state index contributed by atoms with van der Waals surface area (Å²) in [6, 6.07) is 2.94. The number of hydrogen-bond donors (Lipinski definition) is 2. The van der Waals surface area contributed by atoms with Crippen molar-refractivity contribution in [3.63, 3.8) is 0 Å². The van der Waals surface area contributed by atoms with E-state index in [-0.39, 0.29) is 11.4 Å². The fraction of sp³-hybridized carbons (Fsp3) is 0.333. The van der Waals surface area contributed by atoms with Gasteiger partial charge < -0.3 is 10.4 Å². The molecule has 0 bridgehead atoms. The molecule has 14 heavy (non-hydrogen) atoms. The van der Waals surface area contributed by atoms with Crippen LogP contribution < -0.4 is 5.32 Å². The highest BCUT2D eigenvalue weighted by atomic mass is 16.6. The SMILES string of the molecule is O=[N+]([O-])c1cc2c(cc1O)CCNC2. The Bertz CT molecular complexity index is 390. The maximum Gasteiger partial charge on any atom is 0.311 e. The number of phenols is 1. The summed E-state index contributed by atoms with van der Waals surface area (Å²) in [4.78, 5) is 9.97. The van der Waals surface area contributed by atoms with E-state index in [0.29, 0.717) is 6.54 Å². The summed E-state index contributed by atoms with van der Waals surface area (Å²) < 4.78 is 0. The van der Waals surface area contributed by atoms with Crippen LogP contribution in [0.1, 0.15) is 11.1 Å². The molecule has 0 spiro atoms. The number of hydrogen-bond acceptors (Lipinski definition) is 4. The van der Waals surface area contributed by atoms with Crippen molar-refractivity contribution in [2.45, 2.75) is 13.0 Å². The van der Waals surface area contributed by atoms with Crippen molar-refractivity contribution in [1.29, 1.82) is 0 Å². The maximum absolute atomic E-state index is 10.5. The van der Waals surface area contributed by atoms with E-state index in [9.17, 15) is 15.2 Å². The fourth-order valence-corrected chi connectivity index (χ4v) is 1.65. The molecule has 0 aliphatic carbocycles. The van der Waals surface area contributed by atoms with Gasteiger partial charge in [0.15, 0.2) is 5.75 Å². The van der Waals surface area contributed by atoms with Crippen molar-refractivity contribution in [2.75, 3.05) is 6.54 Å². The Labute approximate surface area is 80.5 Å². The summed E-state index contributed by atoms with van der Waals surface area (Å²) in [5.41, 5.74) is 1.68. The van der Waals surface area contributed by atoms with Crippen LogP contribution in [0.3, 0.4) is 0 Å². The van der Waals surface area contributed by atoms with Gasteiger partial charge in [0, 0.05) is 12.6 Å². The summed E-state index contributed by atoms with van der Waals surface area (Å²) >= 11 is 0. The van der Waals surface area contributed by atoms with E-state index >= 15 is 0 Å². The van der Waals surface area contributed by atoms with E-state index in [1.165, 1.54) is 12.1 Å². The van der Waals surface area contributed by atoms with E-state index < -0.39 is 4.92 Å². The second kappa shape index (κ2) is 3.26. The highest BCUT2D eigenvalue weighted by Gasteiger charge is 2.18. The number of nitrogens with zero attached hydrogens (tertiary/aromatic N) is 1. The number of nitrogens with one attached hydrogen (secondary N) is 1. The predicted octanol–water partition coefficient (Wildman–Crippen LogP) is 0.946. The van der Waals surface area contributed by atoms with Crippen LogP contribution in [-0.2, 0) is 13.0 Å². The zero-order chi connectivity index (χ0) is 10.1. The maximum atomic E-state index is 10.5. The molecule has 0 amide bonds. The molecular formula is C9H10N2O3. The first-order valence-corrected chi connectivity index (χ1v) is 4.38. The van der Waals surface area contributed by atoms with E-state index in [2.05, 4.69) is 5.32 Å². The van der Waals surface area contributed by atoms with Gasteiger partial charge in [-0.1, -0.05) is 0 Å². The van der Waals surface area contributed by atoms with Gasteiger partial charge in [0.05, 0.1) is 4.92 Å². The molecule has 74 valence electrons. The minimum atomic E-state index is -0.565. The van der Waals surface area contributed by atoms with Crippen molar-refractivity contribution in [3.05, 3.63) is 33.4 Å². The third-order valence-corrected chi connectivity index (χ3v) is 2.38. The van der Waals surface area contributed by atoms with Crippen molar-refractivity contribution in [1.82, 2.24) is 5.32 Å². The van der Waals surface area contributed by atoms with Crippen LogP contribution in [0, 0.1) is 10.1 Å². The Morgan fingerprint density at radius 2 is 2.21 bits per heavy atom. The Kier molecular flexibility index (Phi) is 2.09. The van der Waals surface area contributed by atoms with Gasteiger partial charge in [0.1, 0.15) is 0 Å². The smallest absolute Gasteiger partial charge is 0.311 e. The van der Waals surface area contributed by atoms with Crippen molar-refractivity contribution < 1.29 is 10.0 Å². The van der Waals surface area contributed by atoms with Crippen LogP contribution in [0.2, 0.25) is 0 Å². The van der Waals surface area contributed by atoms with Gasteiger partial charge in [-0.3, -0.25) is 10.1 Å². The quantitative estimate of drug-likeness (QED) is 0.515. The van der Waals surface area contributed by atoms with E-state index in [1.807, 2.05) is 0 Å². The van der Waals surface area contributed by atoms with E-state index in [4.69, 9.17) is 0 Å². The number of aromatic hydroxyl groups is 1. The van der Waals surface area contributed by atoms with Crippen LogP contribution >= 0.6 is 0 Å². The zero-order valence-corrected chi connectivity index (χ0v) is 7.49. The summed E-state index contributed by atoms with van der Waals surface area (Å²) in [6.45, 7) is 1.49. The molecule has 0 saturated heterocycles. The molecule has 5 nitrogen and oxygen atoms in total. The van der Waals surface area contributed by atoms with Gasteiger partial charge in [-0.15, -0.1) is 0 Å². The molecule has 1 aliphatic rings. The second-order valence-corrected chi connectivity index (χ2v) is 3.29. The lowest BCUT2D eigenvalue weighted by atomic mass is 10.00. The minimum Gasteiger partial charge on any atom is -0.502 e. The number of nitro benzene ring substituents is 1. The number of benzene rings is 1. The standard InChI is InChI=1S/C9H10N2O3/c12-9-4-6-1-2-10-5-7(6)3-8(9)11(13)14/h3-4,10,12H,1-2,5H2. The molecule has 1 aromatic carbocycles. The monoisotopic (exact) mass is 194 g/mol. The molecule has 0 atom stereocenters. The molecule has 0 radical (unpaired) electrons. The normalized spacial score (nSPS) is 14.9. The minimum absolute atomic E-state index is 0.215. The molecule has 0 saturated carbocycles. The third-order valence-electron chi connectivity index (χ3n) is 2.38. The molecule has 0 aromatic heterocycles. The average Bonchev–Trinajstić information content (AvgIpc) is 2.16. The molecule has 1 aliphatic heterocycles.